The van der Waals surface area contributed by atoms with Gasteiger partial charge in [-0.05, 0) is 42.5 Å². The first-order valence-corrected chi connectivity index (χ1v) is 8.61. The van der Waals surface area contributed by atoms with E-state index in [2.05, 4.69) is 44.1 Å². The van der Waals surface area contributed by atoms with Crippen LogP contribution in [0.5, 0.6) is 0 Å². The molecule has 1 unspecified atom stereocenters. The minimum atomic E-state index is -0.0672. The largest absolute Gasteiger partial charge is 0.335 e. The Balaban J connectivity index is 1.37. The Kier molecular flexibility index (Phi) is 4.06. The van der Waals surface area contributed by atoms with Crippen LogP contribution in [-0.2, 0) is 12.8 Å². The maximum atomic E-state index is 12.5. The van der Waals surface area contributed by atoms with Gasteiger partial charge in [-0.2, -0.15) is 0 Å². The minimum Gasteiger partial charge on any atom is -0.335 e. The van der Waals surface area contributed by atoms with Crippen molar-refractivity contribution < 1.29 is 9.42 Å². The van der Waals surface area contributed by atoms with Crippen molar-refractivity contribution >= 4 is 5.91 Å². The predicted octanol–water partition coefficient (Wildman–Crippen LogP) is 1.69. The third-order valence-electron chi connectivity index (χ3n) is 5.29. The first-order valence-electron chi connectivity index (χ1n) is 8.61. The summed E-state index contributed by atoms with van der Waals surface area (Å²) in [5.41, 5.74) is 3.88. The lowest BCUT2D eigenvalue weighted by Crippen LogP contribution is -2.53. The summed E-state index contributed by atoms with van der Waals surface area (Å²) in [4.78, 5) is 16.9. The van der Waals surface area contributed by atoms with Crippen molar-refractivity contribution in [3.63, 3.8) is 0 Å². The van der Waals surface area contributed by atoms with Gasteiger partial charge >= 0.3 is 0 Å². The molecule has 0 radical (unpaired) electrons. The van der Waals surface area contributed by atoms with Crippen LogP contribution in [-0.4, -0.2) is 58.2 Å². The molecule has 0 N–H and O–H groups in total. The van der Waals surface area contributed by atoms with Crippen LogP contribution in [0.1, 0.15) is 33.7 Å². The number of fused-ring (bicyclic) bond motifs is 1. The fourth-order valence-electron chi connectivity index (χ4n) is 3.86. The summed E-state index contributed by atoms with van der Waals surface area (Å²) >= 11 is 0. The van der Waals surface area contributed by atoms with Gasteiger partial charge in [-0.15, -0.1) is 0 Å². The third kappa shape index (κ3) is 2.82. The highest BCUT2D eigenvalue weighted by Crippen LogP contribution is 2.25. The Morgan fingerprint density at radius 1 is 1.12 bits per heavy atom. The molecule has 1 aliphatic carbocycles. The maximum Gasteiger partial charge on any atom is 0.278 e. The van der Waals surface area contributed by atoms with Gasteiger partial charge < -0.3 is 4.90 Å². The highest BCUT2D eigenvalue weighted by Gasteiger charge is 2.30. The molecule has 1 saturated heterocycles. The Morgan fingerprint density at radius 2 is 1.88 bits per heavy atom. The molecule has 1 aliphatic heterocycles. The topological polar surface area (TPSA) is 62.5 Å². The number of aromatic nitrogens is 2. The number of amides is 1. The number of aryl methyl sites for hydroxylation is 2. The zero-order valence-electron chi connectivity index (χ0n) is 13.9. The molecule has 24 heavy (non-hydrogen) atoms. The molecule has 4 rings (SSSR count). The summed E-state index contributed by atoms with van der Waals surface area (Å²) in [6, 6.07) is 9.35. The smallest absolute Gasteiger partial charge is 0.278 e. The van der Waals surface area contributed by atoms with Crippen LogP contribution >= 0.6 is 0 Å². The molecule has 2 heterocycles. The van der Waals surface area contributed by atoms with E-state index in [-0.39, 0.29) is 5.91 Å². The molecule has 0 bridgehead atoms. The molecule has 1 aromatic carbocycles. The van der Waals surface area contributed by atoms with Crippen LogP contribution in [0.4, 0.5) is 0 Å². The van der Waals surface area contributed by atoms with E-state index in [1.54, 1.807) is 6.92 Å². The molecule has 2 aliphatic rings. The number of rotatable bonds is 2. The van der Waals surface area contributed by atoms with Crippen LogP contribution in [0.15, 0.2) is 28.9 Å². The van der Waals surface area contributed by atoms with Crippen molar-refractivity contribution in [1.82, 2.24) is 20.1 Å². The molecule has 0 spiro atoms. The number of hydrogen-bond donors (Lipinski definition) is 0. The van der Waals surface area contributed by atoms with E-state index in [0.717, 1.165) is 39.0 Å². The number of carbonyl (C=O) groups excluding carboxylic acids is 1. The van der Waals surface area contributed by atoms with E-state index in [0.29, 0.717) is 17.4 Å². The van der Waals surface area contributed by atoms with Crippen LogP contribution in [0, 0.1) is 6.92 Å². The number of piperazine rings is 1. The van der Waals surface area contributed by atoms with Crippen molar-refractivity contribution in [2.75, 3.05) is 26.2 Å². The lowest BCUT2D eigenvalue weighted by molar-refractivity contribution is 0.0543. The first kappa shape index (κ1) is 15.3. The highest BCUT2D eigenvalue weighted by molar-refractivity contribution is 5.93. The fourth-order valence-corrected chi connectivity index (χ4v) is 3.86. The molecular formula is C18H22N4O2. The van der Waals surface area contributed by atoms with E-state index in [1.165, 1.54) is 17.5 Å². The summed E-state index contributed by atoms with van der Waals surface area (Å²) < 4.78 is 4.65. The normalized spacial score (nSPS) is 21.5. The molecular weight excluding hydrogens is 304 g/mol. The SMILES string of the molecule is Cc1nonc1C(=O)N1CCN(C2CCc3ccccc3C2)CC1. The van der Waals surface area contributed by atoms with Gasteiger partial charge in [0.2, 0.25) is 0 Å². The molecule has 6 heteroatoms. The predicted molar refractivity (Wildman–Crippen MR) is 88.8 cm³/mol. The number of carbonyl (C=O) groups is 1. The van der Waals surface area contributed by atoms with Gasteiger partial charge in [0.05, 0.1) is 0 Å². The van der Waals surface area contributed by atoms with Crippen LogP contribution in [0.2, 0.25) is 0 Å². The quantitative estimate of drug-likeness (QED) is 0.840. The van der Waals surface area contributed by atoms with Gasteiger partial charge in [0.15, 0.2) is 5.69 Å². The van der Waals surface area contributed by atoms with Gasteiger partial charge in [0, 0.05) is 32.2 Å². The second-order valence-corrected chi connectivity index (χ2v) is 6.69. The third-order valence-corrected chi connectivity index (χ3v) is 5.29. The van der Waals surface area contributed by atoms with Crippen molar-refractivity contribution in [2.24, 2.45) is 0 Å². The van der Waals surface area contributed by atoms with E-state index < -0.39 is 0 Å². The number of nitrogens with zero attached hydrogens (tertiary/aromatic N) is 4. The molecule has 1 atom stereocenters. The Hall–Kier alpha value is -2.21. The molecule has 6 nitrogen and oxygen atoms in total. The summed E-state index contributed by atoms with van der Waals surface area (Å²) in [5.74, 6) is -0.0672. The summed E-state index contributed by atoms with van der Waals surface area (Å²) in [7, 11) is 0. The first-order chi connectivity index (χ1) is 11.7. The Bertz CT molecular complexity index is 734. The Labute approximate surface area is 141 Å². The second kappa shape index (κ2) is 6.36. The zero-order chi connectivity index (χ0) is 16.5. The van der Waals surface area contributed by atoms with E-state index >= 15 is 0 Å². The maximum absolute atomic E-state index is 12.5. The molecule has 2 aromatic rings. The number of benzene rings is 1. The average molecular weight is 326 g/mol. The van der Waals surface area contributed by atoms with Crippen molar-refractivity contribution in [3.8, 4) is 0 Å². The van der Waals surface area contributed by atoms with Crippen LogP contribution in [0.3, 0.4) is 0 Å². The van der Waals surface area contributed by atoms with Gasteiger partial charge in [-0.25, -0.2) is 4.63 Å². The number of hydrogen-bond acceptors (Lipinski definition) is 5. The van der Waals surface area contributed by atoms with E-state index in [1.807, 2.05) is 4.90 Å². The van der Waals surface area contributed by atoms with Crippen molar-refractivity contribution in [2.45, 2.75) is 32.2 Å². The summed E-state index contributed by atoms with van der Waals surface area (Å²) in [6.45, 7) is 5.07. The second-order valence-electron chi connectivity index (χ2n) is 6.69. The van der Waals surface area contributed by atoms with E-state index in [4.69, 9.17) is 0 Å². The molecule has 1 amide bonds. The van der Waals surface area contributed by atoms with Gasteiger partial charge in [-0.1, -0.05) is 29.4 Å². The lowest BCUT2D eigenvalue weighted by atomic mass is 9.87. The van der Waals surface area contributed by atoms with Gasteiger partial charge in [0.25, 0.3) is 5.91 Å². The summed E-state index contributed by atoms with van der Waals surface area (Å²) in [6.07, 6.45) is 3.48. The van der Waals surface area contributed by atoms with Crippen LogP contribution < -0.4 is 0 Å². The zero-order valence-corrected chi connectivity index (χ0v) is 13.9. The average Bonchev–Trinajstić information content (AvgIpc) is 3.07. The lowest BCUT2D eigenvalue weighted by Gasteiger charge is -2.41. The van der Waals surface area contributed by atoms with E-state index in [9.17, 15) is 4.79 Å². The minimum absolute atomic E-state index is 0.0672. The highest BCUT2D eigenvalue weighted by atomic mass is 16.6. The van der Waals surface area contributed by atoms with Crippen molar-refractivity contribution in [1.29, 1.82) is 0 Å². The van der Waals surface area contributed by atoms with Crippen molar-refractivity contribution in [3.05, 3.63) is 46.8 Å². The fraction of sp³-hybridized carbons (Fsp3) is 0.500. The van der Waals surface area contributed by atoms with Crippen LogP contribution in [0.25, 0.3) is 0 Å². The Morgan fingerprint density at radius 3 is 2.58 bits per heavy atom. The monoisotopic (exact) mass is 326 g/mol. The molecule has 1 aromatic heterocycles. The summed E-state index contributed by atoms with van der Waals surface area (Å²) in [5, 5.41) is 7.43. The van der Waals surface area contributed by atoms with Gasteiger partial charge in [-0.3, -0.25) is 9.69 Å². The molecule has 126 valence electrons. The molecule has 0 saturated carbocycles. The molecule has 1 fully saturated rings. The van der Waals surface area contributed by atoms with Gasteiger partial charge in [0.1, 0.15) is 5.69 Å². The standard InChI is InChI=1S/C18H22N4O2/c1-13-17(20-24-19-13)18(23)22-10-8-21(9-11-22)16-7-6-14-4-2-3-5-15(14)12-16/h2-5,16H,6-12H2,1H3.